The Labute approximate surface area is 123 Å². The van der Waals surface area contributed by atoms with Crippen molar-refractivity contribution < 1.29 is 19.2 Å². The van der Waals surface area contributed by atoms with Gasteiger partial charge in [-0.3, -0.25) is 24.1 Å². The van der Waals surface area contributed by atoms with E-state index in [9.17, 15) is 19.2 Å². The molecule has 0 aromatic rings. The average molecular weight is 295 g/mol. The van der Waals surface area contributed by atoms with Gasteiger partial charge in [-0.2, -0.15) is 0 Å². The van der Waals surface area contributed by atoms with Crippen molar-refractivity contribution in [2.75, 3.05) is 6.54 Å². The van der Waals surface area contributed by atoms with Gasteiger partial charge in [0, 0.05) is 12.6 Å². The van der Waals surface area contributed by atoms with Crippen molar-refractivity contribution in [2.24, 2.45) is 5.41 Å². The molecule has 21 heavy (non-hydrogen) atoms. The fraction of sp³-hybridized carbons (Fsp3) is 0.714. The number of rotatable bonds is 3. The second-order valence-corrected chi connectivity index (χ2v) is 6.12. The second kappa shape index (κ2) is 5.46. The van der Waals surface area contributed by atoms with Crippen molar-refractivity contribution >= 4 is 23.6 Å². The van der Waals surface area contributed by atoms with E-state index in [0.717, 1.165) is 4.90 Å². The molecule has 0 spiro atoms. The van der Waals surface area contributed by atoms with E-state index >= 15 is 0 Å². The maximum Gasteiger partial charge on any atom is 0.252 e. The van der Waals surface area contributed by atoms with E-state index in [0.29, 0.717) is 19.4 Å². The molecule has 0 saturated carbocycles. The van der Waals surface area contributed by atoms with Gasteiger partial charge in [0.05, 0.1) is 6.42 Å². The lowest BCUT2D eigenvalue weighted by molar-refractivity contribution is -0.147. The number of hydrogen-bond donors (Lipinski definition) is 2. The first-order chi connectivity index (χ1) is 9.77. The van der Waals surface area contributed by atoms with Crippen LogP contribution in [0.5, 0.6) is 0 Å². The molecule has 2 saturated heterocycles. The SMILES string of the molecule is CC(C)N1C(=O)CC(NC(=O)C2(C)CCCNC2=O)C1=O. The Morgan fingerprint density at radius 2 is 2.05 bits per heavy atom. The summed E-state index contributed by atoms with van der Waals surface area (Å²) < 4.78 is 0. The van der Waals surface area contributed by atoms with Crippen LogP contribution in [-0.4, -0.2) is 47.2 Å². The van der Waals surface area contributed by atoms with Crippen LogP contribution in [0, 0.1) is 5.41 Å². The second-order valence-electron chi connectivity index (χ2n) is 6.12. The van der Waals surface area contributed by atoms with Crippen LogP contribution in [0.4, 0.5) is 0 Å². The Balaban J connectivity index is 2.08. The molecule has 0 aromatic heterocycles. The number of likely N-dealkylation sites (tertiary alicyclic amines) is 1. The quantitative estimate of drug-likeness (QED) is 0.545. The topological polar surface area (TPSA) is 95.6 Å². The third kappa shape index (κ3) is 2.64. The fourth-order valence-electron chi connectivity index (χ4n) is 2.79. The van der Waals surface area contributed by atoms with Gasteiger partial charge < -0.3 is 10.6 Å². The first-order valence-corrected chi connectivity index (χ1v) is 7.22. The Morgan fingerprint density at radius 1 is 1.38 bits per heavy atom. The van der Waals surface area contributed by atoms with Gasteiger partial charge in [-0.05, 0) is 33.6 Å². The molecule has 2 heterocycles. The van der Waals surface area contributed by atoms with Crippen LogP contribution < -0.4 is 10.6 Å². The Morgan fingerprint density at radius 3 is 2.57 bits per heavy atom. The van der Waals surface area contributed by atoms with E-state index in [1.165, 1.54) is 0 Å². The highest BCUT2D eigenvalue weighted by Crippen LogP contribution is 2.28. The van der Waals surface area contributed by atoms with Crippen molar-refractivity contribution in [1.29, 1.82) is 0 Å². The third-order valence-electron chi connectivity index (χ3n) is 4.15. The number of piperidine rings is 1. The third-order valence-corrected chi connectivity index (χ3v) is 4.15. The zero-order valence-electron chi connectivity index (χ0n) is 12.6. The Kier molecular flexibility index (Phi) is 4.02. The highest BCUT2D eigenvalue weighted by Gasteiger charge is 2.47. The largest absolute Gasteiger partial charge is 0.355 e. The molecule has 2 N–H and O–H groups in total. The first kappa shape index (κ1) is 15.5. The van der Waals surface area contributed by atoms with E-state index in [1.807, 2.05) is 0 Å². The molecule has 2 fully saturated rings. The van der Waals surface area contributed by atoms with Crippen LogP contribution >= 0.6 is 0 Å². The summed E-state index contributed by atoms with van der Waals surface area (Å²) in [5.74, 6) is -1.51. The molecule has 7 heteroatoms. The van der Waals surface area contributed by atoms with Crippen LogP contribution in [0.25, 0.3) is 0 Å². The van der Waals surface area contributed by atoms with Crippen LogP contribution in [-0.2, 0) is 19.2 Å². The molecule has 0 bridgehead atoms. The molecule has 2 rings (SSSR count). The van der Waals surface area contributed by atoms with Gasteiger partial charge in [0.2, 0.25) is 17.7 Å². The van der Waals surface area contributed by atoms with Gasteiger partial charge in [0.1, 0.15) is 11.5 Å². The molecule has 4 amide bonds. The molecule has 0 radical (unpaired) electrons. The predicted octanol–water partition coefficient (Wildman–Crippen LogP) is -0.445. The van der Waals surface area contributed by atoms with Crippen molar-refractivity contribution in [1.82, 2.24) is 15.5 Å². The first-order valence-electron chi connectivity index (χ1n) is 7.22. The highest BCUT2D eigenvalue weighted by atomic mass is 16.2. The van der Waals surface area contributed by atoms with Gasteiger partial charge >= 0.3 is 0 Å². The number of imide groups is 1. The summed E-state index contributed by atoms with van der Waals surface area (Å²) in [7, 11) is 0. The lowest BCUT2D eigenvalue weighted by Gasteiger charge is -2.31. The summed E-state index contributed by atoms with van der Waals surface area (Å²) in [6.45, 7) is 5.62. The Bertz CT molecular complexity index is 502. The number of hydrogen-bond acceptors (Lipinski definition) is 4. The smallest absolute Gasteiger partial charge is 0.252 e. The zero-order valence-corrected chi connectivity index (χ0v) is 12.6. The van der Waals surface area contributed by atoms with Crippen LogP contribution in [0.3, 0.4) is 0 Å². The normalized spacial score (nSPS) is 29.8. The van der Waals surface area contributed by atoms with E-state index < -0.39 is 23.3 Å². The molecule has 0 aromatic carbocycles. The summed E-state index contributed by atoms with van der Waals surface area (Å²) in [4.78, 5) is 49.4. The number of nitrogens with zero attached hydrogens (tertiary/aromatic N) is 1. The molecule has 7 nitrogen and oxygen atoms in total. The summed E-state index contributed by atoms with van der Waals surface area (Å²) in [6, 6.07) is -1.10. The van der Waals surface area contributed by atoms with Crippen molar-refractivity contribution in [2.45, 2.75) is 52.1 Å². The standard InChI is InChI=1S/C14H21N3O4/c1-8(2)17-10(18)7-9(11(17)19)16-13(21)14(3)5-4-6-15-12(14)20/h8-9H,4-7H2,1-3H3,(H,15,20)(H,16,21). The summed E-state index contributed by atoms with van der Waals surface area (Å²) >= 11 is 0. The summed E-state index contributed by atoms with van der Waals surface area (Å²) in [5, 5.41) is 5.24. The van der Waals surface area contributed by atoms with Gasteiger partial charge in [-0.25, -0.2) is 0 Å². The summed E-state index contributed by atoms with van der Waals surface area (Å²) in [5.41, 5.74) is -1.17. The number of carbonyl (C=O) groups excluding carboxylic acids is 4. The van der Waals surface area contributed by atoms with Gasteiger partial charge in [0.15, 0.2) is 0 Å². The van der Waals surface area contributed by atoms with Crippen molar-refractivity contribution in [3.8, 4) is 0 Å². The zero-order chi connectivity index (χ0) is 15.8. The maximum absolute atomic E-state index is 12.4. The van der Waals surface area contributed by atoms with E-state index in [2.05, 4.69) is 10.6 Å². The van der Waals surface area contributed by atoms with Gasteiger partial charge in [-0.15, -0.1) is 0 Å². The van der Waals surface area contributed by atoms with E-state index in [-0.39, 0.29) is 24.3 Å². The van der Waals surface area contributed by atoms with Gasteiger partial charge in [-0.1, -0.05) is 0 Å². The maximum atomic E-state index is 12.4. The van der Waals surface area contributed by atoms with E-state index in [4.69, 9.17) is 0 Å². The molecule has 0 aliphatic carbocycles. The number of amides is 4. The summed E-state index contributed by atoms with van der Waals surface area (Å²) in [6.07, 6.45) is 1.11. The van der Waals surface area contributed by atoms with Crippen molar-refractivity contribution in [3.05, 3.63) is 0 Å². The van der Waals surface area contributed by atoms with E-state index in [1.54, 1.807) is 20.8 Å². The molecule has 116 valence electrons. The lowest BCUT2D eigenvalue weighted by Crippen LogP contribution is -2.55. The number of nitrogens with one attached hydrogen (secondary N) is 2. The van der Waals surface area contributed by atoms with Crippen molar-refractivity contribution in [3.63, 3.8) is 0 Å². The minimum Gasteiger partial charge on any atom is -0.355 e. The molecule has 2 atom stereocenters. The number of carbonyl (C=O) groups is 4. The average Bonchev–Trinajstić information content (AvgIpc) is 2.68. The minimum absolute atomic E-state index is 0.0412. The molecule has 2 aliphatic rings. The Hall–Kier alpha value is -1.92. The predicted molar refractivity (Wildman–Crippen MR) is 73.9 cm³/mol. The minimum atomic E-state index is -1.17. The molecule has 2 unspecified atom stereocenters. The molecular formula is C14H21N3O4. The van der Waals surface area contributed by atoms with Crippen LogP contribution in [0.1, 0.15) is 40.0 Å². The molecule has 2 aliphatic heterocycles. The van der Waals surface area contributed by atoms with Crippen LogP contribution in [0.2, 0.25) is 0 Å². The highest BCUT2D eigenvalue weighted by molar-refractivity contribution is 6.10. The van der Waals surface area contributed by atoms with Gasteiger partial charge in [0.25, 0.3) is 5.91 Å². The fourth-order valence-corrected chi connectivity index (χ4v) is 2.79. The molecular weight excluding hydrogens is 274 g/mol. The monoisotopic (exact) mass is 295 g/mol. The van der Waals surface area contributed by atoms with Crippen LogP contribution in [0.15, 0.2) is 0 Å². The lowest BCUT2D eigenvalue weighted by atomic mass is 9.80.